The summed E-state index contributed by atoms with van der Waals surface area (Å²) in [6.45, 7) is 0. The number of thiazole rings is 1. The zero-order chi connectivity index (χ0) is 16.0. The summed E-state index contributed by atoms with van der Waals surface area (Å²) in [5, 5.41) is 3.57. The number of amides is 1. The molecule has 1 aromatic heterocycles. The lowest BCUT2D eigenvalue weighted by Crippen LogP contribution is -2.34. The van der Waals surface area contributed by atoms with Crippen LogP contribution in [-0.4, -0.2) is 10.9 Å². The molecular formula is C17H14FN3OS. The van der Waals surface area contributed by atoms with E-state index >= 15 is 0 Å². The molecule has 0 unspecified atom stereocenters. The van der Waals surface area contributed by atoms with Gasteiger partial charge in [-0.15, -0.1) is 0 Å². The second-order valence-corrected chi connectivity index (χ2v) is 6.84. The van der Waals surface area contributed by atoms with Gasteiger partial charge < -0.3 is 11.1 Å². The third-order valence-corrected chi connectivity index (χ3v) is 5.01. The number of hydrogen-bond acceptors (Lipinski definition) is 4. The molecule has 3 aromatic rings. The first-order valence-corrected chi connectivity index (χ1v) is 8.12. The monoisotopic (exact) mass is 327 g/mol. The molecule has 116 valence electrons. The van der Waals surface area contributed by atoms with Crippen molar-refractivity contribution < 1.29 is 9.18 Å². The summed E-state index contributed by atoms with van der Waals surface area (Å²) in [5.41, 5.74) is 7.64. The number of nitrogens with two attached hydrogens (primary N) is 1. The maximum Gasteiger partial charge on any atom is 0.252 e. The average molecular weight is 327 g/mol. The lowest BCUT2D eigenvalue weighted by molar-refractivity contribution is 0.0931. The summed E-state index contributed by atoms with van der Waals surface area (Å²) in [7, 11) is 0. The van der Waals surface area contributed by atoms with E-state index in [9.17, 15) is 9.18 Å². The van der Waals surface area contributed by atoms with Crippen LogP contribution in [0.5, 0.6) is 0 Å². The fourth-order valence-electron chi connectivity index (χ4n) is 2.75. The van der Waals surface area contributed by atoms with Gasteiger partial charge in [-0.2, -0.15) is 0 Å². The molecule has 1 aliphatic carbocycles. The predicted molar refractivity (Wildman–Crippen MR) is 88.8 cm³/mol. The van der Waals surface area contributed by atoms with Gasteiger partial charge in [-0.3, -0.25) is 4.79 Å². The largest absolute Gasteiger partial charge is 0.375 e. The number of carbonyl (C=O) groups is 1. The van der Waals surface area contributed by atoms with Gasteiger partial charge in [0, 0.05) is 5.56 Å². The van der Waals surface area contributed by atoms with Crippen LogP contribution < -0.4 is 11.1 Å². The maximum atomic E-state index is 13.1. The smallest absolute Gasteiger partial charge is 0.252 e. The predicted octanol–water partition coefficient (Wildman–Crippen LogP) is 3.44. The van der Waals surface area contributed by atoms with Crippen LogP contribution in [0.25, 0.3) is 10.2 Å². The number of hydrogen-bond donors (Lipinski definition) is 2. The minimum atomic E-state index is -0.369. The molecule has 23 heavy (non-hydrogen) atoms. The Hall–Kier alpha value is -2.47. The highest BCUT2D eigenvalue weighted by Crippen LogP contribution is 2.45. The summed E-state index contributed by atoms with van der Waals surface area (Å²) in [5.74, 6) is -0.412. The molecule has 1 amide bonds. The van der Waals surface area contributed by atoms with Gasteiger partial charge in [-0.1, -0.05) is 23.5 Å². The van der Waals surface area contributed by atoms with Gasteiger partial charge in [0.15, 0.2) is 5.13 Å². The lowest BCUT2D eigenvalue weighted by Gasteiger charge is -2.18. The molecule has 0 radical (unpaired) electrons. The fraction of sp³-hybridized carbons (Fsp3) is 0.176. The highest BCUT2D eigenvalue weighted by molar-refractivity contribution is 7.22. The molecule has 0 aliphatic heterocycles. The number of halogens is 1. The number of nitrogens with zero attached hydrogens (tertiary/aromatic N) is 1. The van der Waals surface area contributed by atoms with Crippen molar-refractivity contribution in [3.63, 3.8) is 0 Å². The van der Waals surface area contributed by atoms with Crippen molar-refractivity contribution in [1.29, 1.82) is 0 Å². The molecule has 1 saturated carbocycles. The fourth-order valence-corrected chi connectivity index (χ4v) is 3.53. The summed E-state index contributed by atoms with van der Waals surface area (Å²) < 4.78 is 14.0. The standard InChI is InChI=1S/C17H14FN3OS/c18-12-4-2-11(3-5-12)17(7-8-17)21-15(22)10-1-6-13-14(9-10)23-16(19)20-13/h1-6,9H,7-8H2,(H2,19,20)(H,21,22). The number of benzene rings is 2. The van der Waals surface area contributed by atoms with Crippen LogP contribution in [0.1, 0.15) is 28.8 Å². The van der Waals surface area contributed by atoms with Gasteiger partial charge >= 0.3 is 0 Å². The van der Waals surface area contributed by atoms with E-state index in [-0.39, 0.29) is 17.3 Å². The number of rotatable bonds is 3. The first-order valence-electron chi connectivity index (χ1n) is 7.30. The van der Waals surface area contributed by atoms with Crippen molar-refractivity contribution in [2.75, 3.05) is 5.73 Å². The quantitative estimate of drug-likeness (QED) is 0.774. The van der Waals surface area contributed by atoms with Gasteiger partial charge in [0.05, 0.1) is 15.8 Å². The summed E-state index contributed by atoms with van der Waals surface area (Å²) in [4.78, 5) is 16.7. The molecule has 6 heteroatoms. The number of anilines is 1. The second kappa shape index (κ2) is 5.03. The lowest BCUT2D eigenvalue weighted by atomic mass is 10.0. The highest BCUT2D eigenvalue weighted by atomic mass is 32.1. The van der Waals surface area contributed by atoms with E-state index in [2.05, 4.69) is 10.3 Å². The van der Waals surface area contributed by atoms with E-state index in [4.69, 9.17) is 5.73 Å². The van der Waals surface area contributed by atoms with Crippen molar-refractivity contribution in [2.45, 2.75) is 18.4 Å². The van der Waals surface area contributed by atoms with E-state index in [0.717, 1.165) is 28.6 Å². The Morgan fingerprint density at radius 2 is 1.96 bits per heavy atom. The number of nitrogens with one attached hydrogen (secondary N) is 1. The molecule has 1 aliphatic rings. The van der Waals surface area contributed by atoms with E-state index in [1.165, 1.54) is 23.5 Å². The molecule has 4 nitrogen and oxygen atoms in total. The van der Waals surface area contributed by atoms with Crippen molar-refractivity contribution in [3.8, 4) is 0 Å². The number of nitrogen functional groups attached to an aromatic ring is 1. The van der Waals surface area contributed by atoms with E-state index < -0.39 is 0 Å². The van der Waals surface area contributed by atoms with Crippen molar-refractivity contribution in [1.82, 2.24) is 10.3 Å². The summed E-state index contributed by atoms with van der Waals surface area (Å²) in [6, 6.07) is 11.7. The average Bonchev–Trinajstić information content (AvgIpc) is 3.20. The molecule has 1 heterocycles. The minimum absolute atomic E-state index is 0.138. The van der Waals surface area contributed by atoms with Crippen LogP contribution in [-0.2, 0) is 5.54 Å². The molecule has 2 aromatic carbocycles. The Morgan fingerprint density at radius 1 is 1.22 bits per heavy atom. The molecule has 0 bridgehead atoms. The highest BCUT2D eigenvalue weighted by Gasteiger charge is 2.45. The van der Waals surface area contributed by atoms with Crippen molar-refractivity contribution in [3.05, 3.63) is 59.4 Å². The van der Waals surface area contributed by atoms with E-state index in [1.807, 2.05) is 0 Å². The molecular weight excluding hydrogens is 313 g/mol. The number of aromatic nitrogens is 1. The molecule has 4 rings (SSSR count). The van der Waals surface area contributed by atoms with Gasteiger partial charge in [0.2, 0.25) is 0 Å². The van der Waals surface area contributed by atoms with E-state index in [0.29, 0.717) is 10.7 Å². The molecule has 1 fully saturated rings. The topological polar surface area (TPSA) is 68.0 Å². The molecule has 3 N–H and O–H groups in total. The third-order valence-electron chi connectivity index (χ3n) is 4.17. The summed E-state index contributed by atoms with van der Waals surface area (Å²) >= 11 is 1.36. The third kappa shape index (κ3) is 2.55. The van der Waals surface area contributed by atoms with Crippen LogP contribution in [0.3, 0.4) is 0 Å². The first-order chi connectivity index (χ1) is 11.1. The molecule has 0 saturated heterocycles. The van der Waals surface area contributed by atoms with Crippen LogP contribution in [0.15, 0.2) is 42.5 Å². The van der Waals surface area contributed by atoms with Gasteiger partial charge in [-0.25, -0.2) is 9.37 Å². The van der Waals surface area contributed by atoms with Crippen molar-refractivity contribution in [2.24, 2.45) is 0 Å². The zero-order valence-electron chi connectivity index (χ0n) is 12.2. The zero-order valence-corrected chi connectivity index (χ0v) is 13.0. The number of fused-ring (bicyclic) bond motifs is 1. The van der Waals surface area contributed by atoms with Crippen LogP contribution >= 0.6 is 11.3 Å². The minimum Gasteiger partial charge on any atom is -0.375 e. The Morgan fingerprint density at radius 3 is 2.65 bits per heavy atom. The van der Waals surface area contributed by atoms with Crippen molar-refractivity contribution >= 4 is 32.6 Å². The van der Waals surface area contributed by atoms with Gasteiger partial charge in [0.1, 0.15) is 5.82 Å². The normalized spacial score (nSPS) is 15.5. The van der Waals surface area contributed by atoms with Crippen LogP contribution in [0, 0.1) is 5.82 Å². The molecule has 0 spiro atoms. The Labute approximate surface area is 136 Å². The van der Waals surface area contributed by atoms with Gasteiger partial charge in [-0.05, 0) is 48.7 Å². The Kier molecular flexibility index (Phi) is 3.09. The van der Waals surface area contributed by atoms with Crippen LogP contribution in [0.4, 0.5) is 9.52 Å². The SMILES string of the molecule is Nc1nc2ccc(C(=O)NC3(c4ccc(F)cc4)CC3)cc2s1. The number of carbonyl (C=O) groups excluding carboxylic acids is 1. The second-order valence-electron chi connectivity index (χ2n) is 5.78. The van der Waals surface area contributed by atoms with Crippen LogP contribution in [0.2, 0.25) is 0 Å². The first kappa shape index (κ1) is 14.1. The maximum absolute atomic E-state index is 13.1. The van der Waals surface area contributed by atoms with Gasteiger partial charge in [0.25, 0.3) is 5.91 Å². The Balaban J connectivity index is 1.60. The summed E-state index contributed by atoms with van der Waals surface area (Å²) in [6.07, 6.45) is 1.72. The van der Waals surface area contributed by atoms with E-state index in [1.54, 1.807) is 30.3 Å². The Bertz CT molecular complexity index is 900. The molecule has 0 atom stereocenters.